The molecule has 0 spiro atoms. The second kappa shape index (κ2) is 7.44. The van der Waals surface area contributed by atoms with Gasteiger partial charge in [0.05, 0.1) is 18.2 Å². The summed E-state index contributed by atoms with van der Waals surface area (Å²) in [6.07, 6.45) is 4.81. The molecule has 0 saturated carbocycles. The molecule has 6 nitrogen and oxygen atoms in total. The van der Waals surface area contributed by atoms with E-state index < -0.39 is 5.82 Å². The zero-order valence-corrected chi connectivity index (χ0v) is 13.4. The van der Waals surface area contributed by atoms with Crippen LogP contribution in [0.2, 0.25) is 0 Å². The number of hydrogen-bond acceptors (Lipinski definition) is 4. The summed E-state index contributed by atoms with van der Waals surface area (Å²) in [5.41, 5.74) is 0.983. The number of para-hydroxylation sites is 1. The Kier molecular flexibility index (Phi) is 5.10. The quantitative estimate of drug-likeness (QED) is 0.909. The van der Waals surface area contributed by atoms with Gasteiger partial charge in [0.25, 0.3) is 5.91 Å². The smallest absolute Gasteiger partial charge is 0.258 e. The standard InChI is InChI=1S/C17H20FN3O3/c1-21-11-19-9-14(21)16-8-12(6-7-23-16)20-17(22)10-24-15-5-3-2-4-13(15)18/h2-5,9,11-12,16H,6-8,10H2,1H3,(H,20,22)/t12-,16-/m0/s1. The number of rotatable bonds is 5. The van der Waals surface area contributed by atoms with Crippen LogP contribution < -0.4 is 10.1 Å². The van der Waals surface area contributed by atoms with Crippen molar-refractivity contribution >= 4 is 5.91 Å². The number of hydrogen-bond donors (Lipinski definition) is 1. The molecule has 7 heteroatoms. The van der Waals surface area contributed by atoms with E-state index in [1.54, 1.807) is 24.7 Å². The third-order valence-corrected chi connectivity index (χ3v) is 4.03. The Labute approximate surface area is 139 Å². The first kappa shape index (κ1) is 16.4. The zero-order valence-electron chi connectivity index (χ0n) is 13.4. The second-order valence-electron chi connectivity index (χ2n) is 5.80. The van der Waals surface area contributed by atoms with Crippen molar-refractivity contribution in [2.45, 2.75) is 25.0 Å². The molecule has 1 N–H and O–H groups in total. The Bertz CT molecular complexity index is 704. The molecule has 2 heterocycles. The lowest BCUT2D eigenvalue weighted by atomic mass is 10.0. The molecule has 1 aliphatic rings. The van der Waals surface area contributed by atoms with E-state index in [9.17, 15) is 9.18 Å². The largest absolute Gasteiger partial charge is 0.481 e. The molecular weight excluding hydrogens is 313 g/mol. The number of amides is 1. The molecule has 0 aliphatic carbocycles. The third-order valence-electron chi connectivity index (χ3n) is 4.03. The van der Waals surface area contributed by atoms with Gasteiger partial charge in [0, 0.05) is 19.7 Å². The molecule has 0 radical (unpaired) electrons. The SMILES string of the molecule is Cn1cncc1[C@@H]1C[C@@H](NC(=O)COc2ccccc2F)CCO1. The second-order valence-corrected chi connectivity index (χ2v) is 5.80. The Hall–Kier alpha value is -2.41. The number of carbonyl (C=O) groups excluding carboxylic acids is 1. The van der Waals surface area contributed by atoms with Gasteiger partial charge in [0.2, 0.25) is 0 Å². The summed E-state index contributed by atoms with van der Waals surface area (Å²) >= 11 is 0. The van der Waals surface area contributed by atoms with Gasteiger partial charge in [-0.1, -0.05) is 12.1 Å². The molecule has 2 atom stereocenters. The average Bonchev–Trinajstić information content (AvgIpc) is 3.00. The monoisotopic (exact) mass is 333 g/mol. The summed E-state index contributed by atoms with van der Waals surface area (Å²) in [5, 5.41) is 2.92. The van der Waals surface area contributed by atoms with Crippen molar-refractivity contribution in [1.29, 1.82) is 0 Å². The lowest BCUT2D eigenvalue weighted by Crippen LogP contribution is -2.42. The van der Waals surface area contributed by atoms with E-state index >= 15 is 0 Å². The first-order valence-corrected chi connectivity index (χ1v) is 7.88. The molecular formula is C17H20FN3O3. The molecule has 1 aromatic heterocycles. The summed E-state index contributed by atoms with van der Waals surface area (Å²) in [6.45, 7) is 0.351. The maximum atomic E-state index is 13.5. The van der Waals surface area contributed by atoms with Crippen LogP contribution in [-0.4, -0.2) is 34.7 Å². The van der Waals surface area contributed by atoms with E-state index in [0.717, 1.165) is 12.1 Å². The average molecular weight is 333 g/mol. The Morgan fingerprint density at radius 1 is 1.50 bits per heavy atom. The first-order chi connectivity index (χ1) is 11.6. The molecule has 1 saturated heterocycles. The number of nitrogens with zero attached hydrogens (tertiary/aromatic N) is 2. The Morgan fingerprint density at radius 3 is 3.08 bits per heavy atom. The normalized spacial score (nSPS) is 20.6. The van der Waals surface area contributed by atoms with Gasteiger partial charge in [0.15, 0.2) is 18.2 Å². The highest BCUT2D eigenvalue weighted by molar-refractivity contribution is 5.77. The van der Waals surface area contributed by atoms with Crippen LogP contribution in [-0.2, 0) is 16.6 Å². The number of benzene rings is 1. The van der Waals surface area contributed by atoms with Gasteiger partial charge in [0.1, 0.15) is 6.10 Å². The molecule has 128 valence electrons. The van der Waals surface area contributed by atoms with E-state index in [0.29, 0.717) is 13.0 Å². The summed E-state index contributed by atoms with van der Waals surface area (Å²) < 4.78 is 26.4. The topological polar surface area (TPSA) is 65.4 Å². The van der Waals surface area contributed by atoms with Gasteiger partial charge < -0.3 is 19.4 Å². The number of ether oxygens (including phenoxy) is 2. The van der Waals surface area contributed by atoms with Crippen LogP contribution in [0.15, 0.2) is 36.8 Å². The summed E-state index contributed by atoms with van der Waals surface area (Å²) in [7, 11) is 1.91. The van der Waals surface area contributed by atoms with Crippen molar-refractivity contribution in [2.75, 3.05) is 13.2 Å². The summed E-state index contributed by atoms with van der Waals surface area (Å²) in [5.74, 6) is -0.672. The van der Waals surface area contributed by atoms with E-state index in [2.05, 4.69) is 10.3 Å². The van der Waals surface area contributed by atoms with Crippen molar-refractivity contribution in [1.82, 2.24) is 14.9 Å². The van der Waals surface area contributed by atoms with Crippen molar-refractivity contribution in [2.24, 2.45) is 7.05 Å². The Morgan fingerprint density at radius 2 is 2.33 bits per heavy atom. The van der Waals surface area contributed by atoms with Crippen molar-refractivity contribution in [3.63, 3.8) is 0 Å². The number of imidazole rings is 1. The van der Waals surface area contributed by atoms with Gasteiger partial charge >= 0.3 is 0 Å². The molecule has 1 amide bonds. The predicted molar refractivity (Wildman–Crippen MR) is 85.0 cm³/mol. The van der Waals surface area contributed by atoms with E-state index in [1.165, 1.54) is 12.1 Å². The lowest BCUT2D eigenvalue weighted by Gasteiger charge is -2.30. The lowest BCUT2D eigenvalue weighted by molar-refractivity contribution is -0.125. The van der Waals surface area contributed by atoms with Crippen molar-refractivity contribution in [3.8, 4) is 5.75 Å². The maximum Gasteiger partial charge on any atom is 0.258 e. The summed E-state index contributed by atoms with van der Waals surface area (Å²) in [4.78, 5) is 16.1. The van der Waals surface area contributed by atoms with Crippen LogP contribution in [0.1, 0.15) is 24.6 Å². The number of aryl methyl sites for hydroxylation is 1. The van der Waals surface area contributed by atoms with Crippen LogP contribution in [0.4, 0.5) is 4.39 Å². The molecule has 1 aromatic carbocycles. The highest BCUT2D eigenvalue weighted by atomic mass is 19.1. The Balaban J connectivity index is 1.51. The van der Waals surface area contributed by atoms with E-state index in [4.69, 9.17) is 9.47 Å². The van der Waals surface area contributed by atoms with Gasteiger partial charge in [-0.2, -0.15) is 0 Å². The van der Waals surface area contributed by atoms with E-state index in [1.807, 2.05) is 11.6 Å². The van der Waals surface area contributed by atoms with E-state index in [-0.39, 0.29) is 30.4 Å². The maximum absolute atomic E-state index is 13.5. The fourth-order valence-electron chi connectivity index (χ4n) is 2.79. The van der Waals surface area contributed by atoms with Crippen LogP contribution >= 0.6 is 0 Å². The molecule has 0 unspecified atom stereocenters. The highest BCUT2D eigenvalue weighted by Gasteiger charge is 2.26. The van der Waals surface area contributed by atoms with Crippen LogP contribution in [0.3, 0.4) is 0 Å². The summed E-state index contributed by atoms with van der Waals surface area (Å²) in [6, 6.07) is 6.02. The first-order valence-electron chi connectivity index (χ1n) is 7.88. The number of carbonyl (C=O) groups is 1. The van der Waals surface area contributed by atoms with Crippen LogP contribution in [0, 0.1) is 5.82 Å². The van der Waals surface area contributed by atoms with Crippen LogP contribution in [0.25, 0.3) is 0 Å². The molecule has 2 aromatic rings. The minimum atomic E-state index is -0.479. The van der Waals surface area contributed by atoms with Gasteiger partial charge in [-0.3, -0.25) is 4.79 Å². The highest BCUT2D eigenvalue weighted by Crippen LogP contribution is 2.27. The van der Waals surface area contributed by atoms with Gasteiger partial charge in [-0.15, -0.1) is 0 Å². The predicted octanol–water partition coefficient (Wildman–Crippen LogP) is 1.97. The molecule has 1 aliphatic heterocycles. The fraction of sp³-hybridized carbons (Fsp3) is 0.412. The molecule has 0 bridgehead atoms. The minimum Gasteiger partial charge on any atom is -0.481 e. The minimum absolute atomic E-state index is 0.00429. The fourth-order valence-corrected chi connectivity index (χ4v) is 2.79. The molecule has 3 rings (SSSR count). The van der Waals surface area contributed by atoms with Crippen molar-refractivity contribution in [3.05, 3.63) is 48.3 Å². The van der Waals surface area contributed by atoms with Gasteiger partial charge in [-0.05, 0) is 25.0 Å². The zero-order chi connectivity index (χ0) is 16.9. The molecule has 1 fully saturated rings. The number of halogens is 1. The number of aromatic nitrogens is 2. The van der Waals surface area contributed by atoms with Gasteiger partial charge in [-0.25, -0.2) is 9.37 Å². The third kappa shape index (κ3) is 3.91. The van der Waals surface area contributed by atoms with Crippen LogP contribution in [0.5, 0.6) is 5.75 Å². The number of nitrogens with one attached hydrogen (secondary N) is 1. The molecule has 24 heavy (non-hydrogen) atoms. The van der Waals surface area contributed by atoms with Crippen molar-refractivity contribution < 1.29 is 18.7 Å².